The number of hydrogen-bond acceptors (Lipinski definition) is 6. The monoisotopic (exact) mass is 437 g/mol. The molecule has 160 valence electrons. The van der Waals surface area contributed by atoms with Gasteiger partial charge in [-0.05, 0) is 18.9 Å². The predicted molar refractivity (Wildman–Crippen MR) is 104 cm³/mol. The summed E-state index contributed by atoms with van der Waals surface area (Å²) in [6, 6.07) is 4.40. The molecule has 10 heteroatoms. The van der Waals surface area contributed by atoms with Crippen LogP contribution in [0.1, 0.15) is 18.4 Å². The van der Waals surface area contributed by atoms with Gasteiger partial charge in [0.15, 0.2) is 5.76 Å². The third-order valence-electron chi connectivity index (χ3n) is 5.86. The third-order valence-corrected chi connectivity index (χ3v) is 6.15. The molecule has 0 radical (unpaired) electrons. The molecule has 0 bridgehead atoms. The number of halogens is 2. The van der Waals surface area contributed by atoms with Crippen LogP contribution in [-0.4, -0.2) is 68.3 Å². The van der Waals surface area contributed by atoms with Gasteiger partial charge in [0.25, 0.3) is 11.8 Å². The third kappa shape index (κ3) is 3.13. The Morgan fingerprint density at radius 2 is 2.07 bits per heavy atom. The zero-order chi connectivity index (χ0) is 21.8. The summed E-state index contributed by atoms with van der Waals surface area (Å²) >= 11 is 5.75. The number of benzene rings is 1. The number of likely N-dealkylation sites (N-methyl/N-ethyl adjacent to an activating group) is 1. The van der Waals surface area contributed by atoms with Crippen LogP contribution in [0.2, 0.25) is 5.02 Å². The first-order chi connectivity index (χ1) is 14.1. The van der Waals surface area contributed by atoms with Crippen LogP contribution in [0.5, 0.6) is 0 Å². The van der Waals surface area contributed by atoms with Crippen LogP contribution in [0.15, 0.2) is 41.4 Å². The molecule has 2 fully saturated rings. The van der Waals surface area contributed by atoms with E-state index >= 15 is 0 Å². The minimum atomic E-state index is -1.71. The first-order valence-electron chi connectivity index (χ1n) is 9.41. The first kappa shape index (κ1) is 20.6. The van der Waals surface area contributed by atoms with Gasteiger partial charge in [-0.1, -0.05) is 23.7 Å². The Balaban J connectivity index is 1.61. The maximum Gasteiger partial charge on any atom is 0.273 e. The van der Waals surface area contributed by atoms with Crippen molar-refractivity contribution in [3.8, 4) is 0 Å². The van der Waals surface area contributed by atoms with E-state index in [-0.39, 0.29) is 28.4 Å². The molecule has 1 unspecified atom stereocenters. The summed E-state index contributed by atoms with van der Waals surface area (Å²) in [5.74, 6) is -2.51. The normalized spacial score (nSPS) is 28.3. The van der Waals surface area contributed by atoms with E-state index < -0.39 is 41.1 Å². The highest BCUT2D eigenvalue weighted by molar-refractivity contribution is 6.30. The summed E-state index contributed by atoms with van der Waals surface area (Å²) in [7, 11) is 1.57. The lowest BCUT2D eigenvalue weighted by atomic mass is 9.70. The molecule has 4 N–H and O–H groups in total. The van der Waals surface area contributed by atoms with Gasteiger partial charge in [0, 0.05) is 31.9 Å². The fourth-order valence-electron chi connectivity index (χ4n) is 4.32. The molecule has 8 nitrogen and oxygen atoms in total. The van der Waals surface area contributed by atoms with Crippen molar-refractivity contribution in [1.29, 1.82) is 0 Å². The second-order valence-electron chi connectivity index (χ2n) is 7.93. The molecule has 2 amide bonds. The molecule has 4 rings (SSSR count). The number of rotatable bonds is 3. The minimum Gasteiger partial charge on any atom is -0.507 e. The SMILES string of the molecule is CN1CC2(CC(O)C2)N2C=C(C(=O)NCc3cccc(Cl)c3F)C(O)C(O)=C2C1=O. The van der Waals surface area contributed by atoms with E-state index in [1.54, 1.807) is 13.1 Å². The maximum absolute atomic E-state index is 14.1. The van der Waals surface area contributed by atoms with Gasteiger partial charge in [-0.15, -0.1) is 0 Å². The lowest BCUT2D eigenvalue weighted by Gasteiger charge is -2.58. The molecule has 1 aromatic rings. The quantitative estimate of drug-likeness (QED) is 0.556. The Hall–Kier alpha value is -2.62. The number of fused-ring (bicyclic) bond motifs is 2. The number of carbonyl (C=O) groups is 2. The number of nitrogens with one attached hydrogen (secondary N) is 1. The Bertz CT molecular complexity index is 989. The number of aliphatic hydroxyl groups is 3. The van der Waals surface area contributed by atoms with Crippen LogP contribution in [0.3, 0.4) is 0 Å². The predicted octanol–water partition coefficient (Wildman–Crippen LogP) is 0.791. The Kier molecular flexibility index (Phi) is 5.00. The van der Waals surface area contributed by atoms with Crippen molar-refractivity contribution in [2.75, 3.05) is 13.6 Å². The van der Waals surface area contributed by atoms with Crippen molar-refractivity contribution in [3.05, 3.63) is 57.8 Å². The van der Waals surface area contributed by atoms with Crippen molar-refractivity contribution in [2.45, 2.75) is 37.1 Å². The highest BCUT2D eigenvalue weighted by atomic mass is 35.5. The molecular weight excluding hydrogens is 417 g/mol. The van der Waals surface area contributed by atoms with E-state index in [1.807, 2.05) is 0 Å². The van der Waals surface area contributed by atoms with Gasteiger partial charge in [0.1, 0.15) is 17.6 Å². The van der Waals surface area contributed by atoms with E-state index in [0.29, 0.717) is 19.4 Å². The molecule has 1 spiro atoms. The van der Waals surface area contributed by atoms with Gasteiger partial charge in [-0.2, -0.15) is 0 Å². The second kappa shape index (κ2) is 7.26. The summed E-state index contributed by atoms with van der Waals surface area (Å²) in [6.45, 7) is 0.118. The summed E-state index contributed by atoms with van der Waals surface area (Å²) in [5, 5.41) is 33.3. The number of piperazine rings is 1. The van der Waals surface area contributed by atoms with Gasteiger partial charge in [0.05, 0.1) is 22.2 Å². The number of hydrogen-bond donors (Lipinski definition) is 4. The van der Waals surface area contributed by atoms with Crippen molar-refractivity contribution < 1.29 is 29.3 Å². The largest absolute Gasteiger partial charge is 0.507 e. The molecule has 1 saturated carbocycles. The van der Waals surface area contributed by atoms with Crippen molar-refractivity contribution in [1.82, 2.24) is 15.1 Å². The molecule has 2 aliphatic heterocycles. The summed E-state index contributed by atoms with van der Waals surface area (Å²) < 4.78 is 14.1. The van der Waals surface area contributed by atoms with Crippen molar-refractivity contribution >= 4 is 23.4 Å². The average molecular weight is 438 g/mol. The fraction of sp³-hybridized carbons (Fsp3) is 0.400. The van der Waals surface area contributed by atoms with Gasteiger partial charge >= 0.3 is 0 Å². The van der Waals surface area contributed by atoms with Gasteiger partial charge in [-0.25, -0.2) is 4.39 Å². The van der Waals surface area contributed by atoms with Crippen LogP contribution < -0.4 is 5.32 Å². The van der Waals surface area contributed by atoms with E-state index in [2.05, 4.69) is 5.32 Å². The highest BCUT2D eigenvalue weighted by Crippen LogP contribution is 2.46. The molecule has 0 aromatic heterocycles. The van der Waals surface area contributed by atoms with Gasteiger partial charge < -0.3 is 30.4 Å². The van der Waals surface area contributed by atoms with Crippen LogP contribution in [-0.2, 0) is 16.1 Å². The fourth-order valence-corrected chi connectivity index (χ4v) is 4.51. The van der Waals surface area contributed by atoms with Crippen LogP contribution in [0, 0.1) is 5.82 Å². The van der Waals surface area contributed by atoms with Crippen molar-refractivity contribution in [3.63, 3.8) is 0 Å². The Morgan fingerprint density at radius 3 is 2.73 bits per heavy atom. The van der Waals surface area contributed by atoms with E-state index in [9.17, 15) is 29.3 Å². The topological polar surface area (TPSA) is 113 Å². The maximum atomic E-state index is 14.1. The Labute approximate surface area is 176 Å². The van der Waals surface area contributed by atoms with E-state index in [1.165, 1.54) is 28.1 Å². The van der Waals surface area contributed by atoms with E-state index in [4.69, 9.17) is 11.6 Å². The average Bonchev–Trinajstić information content (AvgIpc) is 2.67. The number of nitrogens with zero attached hydrogens (tertiary/aromatic N) is 2. The van der Waals surface area contributed by atoms with Crippen LogP contribution >= 0.6 is 11.6 Å². The lowest BCUT2D eigenvalue weighted by molar-refractivity contribution is -0.144. The molecule has 1 saturated heterocycles. The molecule has 2 heterocycles. The first-order valence-corrected chi connectivity index (χ1v) is 9.79. The van der Waals surface area contributed by atoms with Gasteiger partial charge in [-0.3, -0.25) is 9.59 Å². The smallest absolute Gasteiger partial charge is 0.273 e. The minimum absolute atomic E-state index is 0.0784. The summed E-state index contributed by atoms with van der Waals surface area (Å²) in [6.07, 6.45) is -0.246. The highest BCUT2D eigenvalue weighted by Gasteiger charge is 2.56. The molecule has 3 aliphatic rings. The molecule has 1 aliphatic carbocycles. The van der Waals surface area contributed by atoms with Gasteiger partial charge in [0.2, 0.25) is 0 Å². The summed E-state index contributed by atoms with van der Waals surface area (Å²) in [4.78, 5) is 28.2. The molecule has 1 aromatic carbocycles. The zero-order valence-corrected chi connectivity index (χ0v) is 16.9. The van der Waals surface area contributed by atoms with Crippen LogP contribution in [0.4, 0.5) is 4.39 Å². The van der Waals surface area contributed by atoms with Crippen LogP contribution in [0.25, 0.3) is 0 Å². The lowest BCUT2D eigenvalue weighted by Crippen LogP contribution is -2.68. The Morgan fingerprint density at radius 1 is 1.37 bits per heavy atom. The zero-order valence-electron chi connectivity index (χ0n) is 16.1. The number of amides is 2. The standard InChI is InChI=1S/C20H21ClFN3O5/c1-24-9-20(5-11(26)6-20)25-8-12(16(27)17(28)15(25)19(24)30)18(29)23-7-10-3-2-4-13(21)14(10)22/h2-4,8,11,16,26-28H,5-7,9H2,1H3,(H,23,29). The molecule has 30 heavy (non-hydrogen) atoms. The molecule has 1 atom stereocenters. The summed E-state index contributed by atoms with van der Waals surface area (Å²) in [5.41, 5.74) is -0.802. The number of aliphatic hydroxyl groups excluding tert-OH is 3. The van der Waals surface area contributed by atoms with E-state index in [0.717, 1.165) is 0 Å². The second-order valence-corrected chi connectivity index (χ2v) is 8.34. The number of carbonyl (C=O) groups excluding carboxylic acids is 2. The van der Waals surface area contributed by atoms with Crippen molar-refractivity contribution in [2.24, 2.45) is 0 Å². The molecular formula is C20H21ClFN3O5.